The van der Waals surface area contributed by atoms with Crippen LogP contribution < -0.4 is 5.73 Å². The van der Waals surface area contributed by atoms with E-state index in [0.29, 0.717) is 28.4 Å². The van der Waals surface area contributed by atoms with Gasteiger partial charge in [0.25, 0.3) is 0 Å². The molecule has 1 atom stereocenters. The lowest BCUT2D eigenvalue weighted by atomic mass is 9.87. The van der Waals surface area contributed by atoms with Crippen LogP contribution in [0.3, 0.4) is 0 Å². The van der Waals surface area contributed by atoms with Gasteiger partial charge in [0.2, 0.25) is 11.8 Å². The summed E-state index contributed by atoms with van der Waals surface area (Å²) in [7, 11) is 0. The van der Waals surface area contributed by atoms with Gasteiger partial charge in [0, 0.05) is 18.9 Å². The fourth-order valence-electron chi connectivity index (χ4n) is 3.19. The number of alkyl halides is 3. The Morgan fingerprint density at radius 2 is 2.03 bits per heavy atom. The quantitative estimate of drug-likeness (QED) is 0.796. The Labute approximate surface area is 169 Å². The van der Waals surface area contributed by atoms with Gasteiger partial charge in [0.15, 0.2) is 0 Å². The van der Waals surface area contributed by atoms with E-state index in [1.165, 1.54) is 34.7 Å². The summed E-state index contributed by atoms with van der Waals surface area (Å²) in [6.07, 6.45) is -0.278. The summed E-state index contributed by atoms with van der Waals surface area (Å²) in [6, 6.07) is 2.42. The molecule has 0 aliphatic carbocycles. The standard InChI is InChI=1S/C19H21F3N4O2S/c1-18(2,19(20,21)22)14-8-11(5-6-24-14)13-10-25-15(29-13)9-16(27)26-7-3-4-12(26)17(23)28/h5-6,8,10,12H,3-4,7,9H2,1-2H3,(H2,23,28)/t12-/m0/s1. The number of aromatic nitrogens is 2. The third-order valence-electron chi connectivity index (χ3n) is 5.15. The SMILES string of the molecule is CC(C)(c1cc(-c2cnc(CC(=O)N3CCC[C@H]3C(N)=O)s2)ccn1)C(F)(F)F. The average Bonchev–Trinajstić information content (AvgIpc) is 3.30. The van der Waals surface area contributed by atoms with E-state index >= 15 is 0 Å². The summed E-state index contributed by atoms with van der Waals surface area (Å²) in [5.74, 6) is -0.756. The number of nitrogens with zero attached hydrogens (tertiary/aromatic N) is 3. The lowest BCUT2D eigenvalue weighted by Crippen LogP contribution is -2.44. The van der Waals surface area contributed by atoms with Crippen molar-refractivity contribution in [2.75, 3.05) is 6.54 Å². The Balaban J connectivity index is 1.78. The summed E-state index contributed by atoms with van der Waals surface area (Å²) < 4.78 is 39.9. The Morgan fingerprint density at radius 3 is 2.69 bits per heavy atom. The van der Waals surface area contributed by atoms with Gasteiger partial charge in [-0.2, -0.15) is 13.2 Å². The number of hydrogen-bond acceptors (Lipinski definition) is 5. The van der Waals surface area contributed by atoms with Crippen molar-refractivity contribution in [3.63, 3.8) is 0 Å². The summed E-state index contributed by atoms with van der Waals surface area (Å²) >= 11 is 1.23. The lowest BCUT2D eigenvalue weighted by molar-refractivity contribution is -0.181. The maximum atomic E-state index is 13.3. The largest absolute Gasteiger partial charge is 0.399 e. The number of likely N-dealkylation sites (tertiary alicyclic amines) is 1. The van der Waals surface area contributed by atoms with Crippen LogP contribution in [0, 0.1) is 0 Å². The zero-order valence-corrected chi connectivity index (χ0v) is 16.8. The molecule has 1 fully saturated rings. The second-order valence-corrected chi connectivity index (χ2v) is 8.61. The predicted molar refractivity (Wildman–Crippen MR) is 102 cm³/mol. The molecular formula is C19H21F3N4O2S. The highest BCUT2D eigenvalue weighted by Crippen LogP contribution is 2.40. The van der Waals surface area contributed by atoms with Crippen molar-refractivity contribution < 1.29 is 22.8 Å². The topological polar surface area (TPSA) is 89.2 Å². The average molecular weight is 426 g/mol. The molecule has 10 heteroatoms. The molecule has 6 nitrogen and oxygen atoms in total. The first-order valence-electron chi connectivity index (χ1n) is 9.08. The smallest absolute Gasteiger partial charge is 0.368 e. The molecule has 2 aromatic heterocycles. The van der Waals surface area contributed by atoms with Crippen LogP contribution in [0.5, 0.6) is 0 Å². The van der Waals surface area contributed by atoms with Crippen molar-refractivity contribution in [3.8, 4) is 10.4 Å². The van der Waals surface area contributed by atoms with Crippen LogP contribution in [0.2, 0.25) is 0 Å². The maximum absolute atomic E-state index is 13.3. The van der Waals surface area contributed by atoms with Crippen molar-refractivity contribution in [1.29, 1.82) is 0 Å². The zero-order chi connectivity index (χ0) is 21.4. The number of carbonyl (C=O) groups excluding carboxylic acids is 2. The van der Waals surface area contributed by atoms with E-state index in [9.17, 15) is 22.8 Å². The summed E-state index contributed by atoms with van der Waals surface area (Å²) in [4.78, 5) is 34.2. The van der Waals surface area contributed by atoms with Gasteiger partial charge in [-0.3, -0.25) is 14.6 Å². The van der Waals surface area contributed by atoms with E-state index in [0.717, 1.165) is 20.3 Å². The molecule has 156 valence electrons. The van der Waals surface area contributed by atoms with Crippen molar-refractivity contribution in [1.82, 2.24) is 14.9 Å². The van der Waals surface area contributed by atoms with Crippen LogP contribution >= 0.6 is 11.3 Å². The molecule has 0 spiro atoms. The molecule has 0 saturated carbocycles. The fraction of sp³-hybridized carbons (Fsp3) is 0.474. The summed E-state index contributed by atoms with van der Waals surface area (Å²) in [6.45, 7) is 2.65. The van der Waals surface area contributed by atoms with Gasteiger partial charge < -0.3 is 10.6 Å². The van der Waals surface area contributed by atoms with Crippen LogP contribution in [0.4, 0.5) is 13.2 Å². The van der Waals surface area contributed by atoms with Crippen LogP contribution in [0.1, 0.15) is 37.4 Å². The van der Waals surface area contributed by atoms with Gasteiger partial charge in [0.1, 0.15) is 16.5 Å². The zero-order valence-electron chi connectivity index (χ0n) is 16.0. The highest BCUT2D eigenvalue weighted by Gasteiger charge is 2.49. The molecule has 3 rings (SSSR count). The Bertz CT molecular complexity index is 926. The lowest BCUT2D eigenvalue weighted by Gasteiger charge is -2.27. The number of primary amides is 1. The molecule has 1 aliphatic heterocycles. The van der Waals surface area contributed by atoms with E-state index in [1.54, 1.807) is 6.07 Å². The second-order valence-electron chi connectivity index (χ2n) is 7.50. The number of halogens is 3. The first-order valence-corrected chi connectivity index (χ1v) is 9.89. The number of carbonyl (C=O) groups is 2. The molecule has 2 amide bonds. The molecule has 0 bridgehead atoms. The van der Waals surface area contributed by atoms with Crippen LogP contribution in [-0.4, -0.2) is 45.4 Å². The monoisotopic (exact) mass is 426 g/mol. The van der Waals surface area contributed by atoms with E-state index < -0.39 is 23.5 Å². The van der Waals surface area contributed by atoms with Gasteiger partial charge in [0.05, 0.1) is 17.0 Å². The van der Waals surface area contributed by atoms with Crippen molar-refractivity contribution in [2.45, 2.75) is 50.7 Å². The molecule has 0 radical (unpaired) electrons. The van der Waals surface area contributed by atoms with E-state index in [-0.39, 0.29) is 18.0 Å². The normalized spacial score (nSPS) is 17.6. The van der Waals surface area contributed by atoms with Crippen molar-refractivity contribution in [2.24, 2.45) is 5.73 Å². The number of thiazole rings is 1. The first-order chi connectivity index (χ1) is 13.5. The van der Waals surface area contributed by atoms with Crippen LogP contribution in [0.15, 0.2) is 24.5 Å². The van der Waals surface area contributed by atoms with Gasteiger partial charge in [-0.25, -0.2) is 4.98 Å². The number of pyridine rings is 1. The molecule has 3 heterocycles. The Hall–Kier alpha value is -2.49. The molecule has 1 aliphatic rings. The van der Waals surface area contributed by atoms with Crippen molar-refractivity contribution in [3.05, 3.63) is 35.2 Å². The Kier molecular flexibility index (Phi) is 5.66. The minimum absolute atomic E-state index is 0.0143. The van der Waals surface area contributed by atoms with Crippen LogP contribution in [0.25, 0.3) is 10.4 Å². The second kappa shape index (κ2) is 7.74. The Morgan fingerprint density at radius 1 is 1.31 bits per heavy atom. The number of rotatable bonds is 5. The van der Waals surface area contributed by atoms with Gasteiger partial charge >= 0.3 is 6.18 Å². The minimum atomic E-state index is -4.43. The predicted octanol–water partition coefficient (Wildman–Crippen LogP) is 3.06. The summed E-state index contributed by atoms with van der Waals surface area (Å²) in [5.41, 5.74) is 3.72. The van der Waals surface area contributed by atoms with E-state index in [2.05, 4.69) is 9.97 Å². The molecular weight excluding hydrogens is 405 g/mol. The fourth-order valence-corrected chi connectivity index (χ4v) is 4.09. The number of amides is 2. The van der Waals surface area contributed by atoms with Gasteiger partial charge in [-0.15, -0.1) is 11.3 Å². The molecule has 0 aromatic carbocycles. The minimum Gasteiger partial charge on any atom is -0.368 e. The molecule has 1 saturated heterocycles. The van der Waals surface area contributed by atoms with Crippen LogP contribution in [-0.2, 0) is 21.4 Å². The van der Waals surface area contributed by atoms with Gasteiger partial charge in [-0.05, 0) is 44.4 Å². The maximum Gasteiger partial charge on any atom is 0.399 e. The first kappa shape index (κ1) is 21.2. The van der Waals surface area contributed by atoms with E-state index in [1.807, 2.05) is 0 Å². The highest BCUT2D eigenvalue weighted by atomic mass is 32.1. The third-order valence-corrected chi connectivity index (χ3v) is 6.20. The number of hydrogen-bond donors (Lipinski definition) is 1. The van der Waals surface area contributed by atoms with E-state index in [4.69, 9.17) is 5.73 Å². The highest BCUT2D eigenvalue weighted by molar-refractivity contribution is 7.15. The molecule has 0 unspecified atom stereocenters. The third kappa shape index (κ3) is 4.26. The molecule has 2 aromatic rings. The molecule has 2 N–H and O–H groups in total. The summed E-state index contributed by atoms with van der Waals surface area (Å²) in [5, 5.41) is 0.522. The molecule has 29 heavy (non-hydrogen) atoms. The number of nitrogens with two attached hydrogens (primary N) is 1. The van der Waals surface area contributed by atoms with Gasteiger partial charge in [-0.1, -0.05) is 0 Å². The van der Waals surface area contributed by atoms with Crippen molar-refractivity contribution >= 4 is 23.2 Å².